The summed E-state index contributed by atoms with van der Waals surface area (Å²) < 4.78 is 5.11. The highest BCUT2D eigenvalue weighted by molar-refractivity contribution is 6.42. The average Bonchev–Trinajstić information content (AvgIpc) is 2.65. The lowest BCUT2D eigenvalue weighted by Gasteiger charge is -2.08. The predicted octanol–water partition coefficient (Wildman–Crippen LogP) is 4.79. The molecule has 132 valence electrons. The van der Waals surface area contributed by atoms with E-state index in [-0.39, 0.29) is 11.6 Å². The predicted molar refractivity (Wildman–Crippen MR) is 103 cm³/mol. The first-order valence-electron chi connectivity index (χ1n) is 7.55. The Labute approximate surface area is 160 Å². The van der Waals surface area contributed by atoms with E-state index in [1.165, 1.54) is 12.3 Å². The maximum Gasteiger partial charge on any atom is 0.274 e. The van der Waals surface area contributed by atoms with E-state index >= 15 is 0 Å². The first-order valence-corrected chi connectivity index (χ1v) is 8.31. The molecule has 0 aliphatic rings. The van der Waals surface area contributed by atoms with E-state index in [0.717, 1.165) is 11.4 Å². The molecule has 26 heavy (non-hydrogen) atoms. The summed E-state index contributed by atoms with van der Waals surface area (Å²) in [6, 6.07) is 13.6. The summed E-state index contributed by atoms with van der Waals surface area (Å²) in [5.74, 6) is 0.659. The van der Waals surface area contributed by atoms with E-state index in [4.69, 9.17) is 27.9 Å². The number of rotatable bonds is 5. The Balaban J connectivity index is 1.73. The topological polar surface area (TPSA) is 76.1 Å². The molecule has 0 unspecified atom stereocenters. The van der Waals surface area contributed by atoms with Crippen LogP contribution in [-0.4, -0.2) is 23.0 Å². The molecular weight excluding hydrogens is 375 g/mol. The molecule has 1 amide bonds. The molecule has 1 heterocycles. The van der Waals surface area contributed by atoms with Crippen LogP contribution in [0.25, 0.3) is 0 Å². The van der Waals surface area contributed by atoms with Gasteiger partial charge in [-0.3, -0.25) is 4.79 Å². The zero-order valence-electron chi connectivity index (χ0n) is 13.7. The molecule has 0 spiro atoms. The van der Waals surface area contributed by atoms with Crippen molar-refractivity contribution >= 4 is 46.4 Å². The monoisotopic (exact) mass is 388 g/mol. The highest BCUT2D eigenvalue weighted by Gasteiger charge is 2.10. The Kier molecular flexibility index (Phi) is 5.55. The first kappa shape index (κ1) is 18.0. The largest absolute Gasteiger partial charge is 0.497 e. The molecule has 3 rings (SSSR count). The number of benzene rings is 2. The van der Waals surface area contributed by atoms with Gasteiger partial charge in [-0.25, -0.2) is 9.97 Å². The lowest BCUT2D eigenvalue weighted by Crippen LogP contribution is -2.14. The fourth-order valence-electron chi connectivity index (χ4n) is 2.12. The maximum absolute atomic E-state index is 12.4. The van der Waals surface area contributed by atoms with E-state index in [9.17, 15) is 4.79 Å². The third-order valence-corrected chi connectivity index (χ3v) is 4.15. The van der Waals surface area contributed by atoms with Crippen molar-refractivity contribution in [2.24, 2.45) is 0 Å². The smallest absolute Gasteiger partial charge is 0.274 e. The number of amides is 1. The molecule has 6 nitrogen and oxygen atoms in total. The van der Waals surface area contributed by atoms with Crippen molar-refractivity contribution in [3.05, 3.63) is 70.5 Å². The summed E-state index contributed by atoms with van der Waals surface area (Å²) in [4.78, 5) is 20.7. The van der Waals surface area contributed by atoms with Crippen molar-refractivity contribution in [3.8, 4) is 5.75 Å². The molecule has 1 aromatic heterocycles. The third kappa shape index (κ3) is 4.41. The van der Waals surface area contributed by atoms with Gasteiger partial charge < -0.3 is 15.4 Å². The van der Waals surface area contributed by atoms with Crippen LogP contribution < -0.4 is 15.4 Å². The second-order valence-corrected chi connectivity index (χ2v) is 6.02. The molecule has 0 radical (unpaired) electrons. The number of aromatic nitrogens is 2. The number of hydrogen-bond acceptors (Lipinski definition) is 5. The summed E-state index contributed by atoms with van der Waals surface area (Å²) in [5.41, 5.74) is 1.50. The van der Waals surface area contributed by atoms with Gasteiger partial charge in [0.05, 0.1) is 17.2 Å². The standard InChI is InChI=1S/C18H14Cl2N4O2/c1-26-13-5-2-11(3-6-13)23-18-21-9-8-16(24-18)17(25)22-12-4-7-14(19)15(20)10-12/h2-10H,1H3,(H,22,25)(H,21,23,24). The average molecular weight is 389 g/mol. The van der Waals surface area contributed by atoms with Gasteiger partial charge in [0.1, 0.15) is 11.4 Å². The second kappa shape index (κ2) is 8.03. The molecular formula is C18H14Cl2N4O2. The Bertz CT molecular complexity index is 933. The summed E-state index contributed by atoms with van der Waals surface area (Å²) in [7, 11) is 1.60. The van der Waals surface area contributed by atoms with Gasteiger partial charge in [0.15, 0.2) is 0 Å². The van der Waals surface area contributed by atoms with Crippen LogP contribution in [-0.2, 0) is 0 Å². The van der Waals surface area contributed by atoms with Crippen LogP contribution >= 0.6 is 23.2 Å². The van der Waals surface area contributed by atoms with E-state index in [1.54, 1.807) is 25.3 Å². The number of carbonyl (C=O) groups is 1. The summed E-state index contributed by atoms with van der Waals surface area (Å²) >= 11 is 11.8. The van der Waals surface area contributed by atoms with Gasteiger partial charge in [-0.05, 0) is 48.5 Å². The minimum absolute atomic E-state index is 0.210. The highest BCUT2D eigenvalue weighted by Crippen LogP contribution is 2.25. The third-order valence-electron chi connectivity index (χ3n) is 3.41. The molecule has 3 aromatic rings. The minimum Gasteiger partial charge on any atom is -0.497 e. The Morgan fingerprint density at radius 3 is 2.42 bits per heavy atom. The van der Waals surface area contributed by atoms with Gasteiger partial charge in [-0.15, -0.1) is 0 Å². The number of halogens is 2. The van der Waals surface area contributed by atoms with Crippen molar-refractivity contribution < 1.29 is 9.53 Å². The molecule has 0 aliphatic carbocycles. The Morgan fingerprint density at radius 1 is 1.00 bits per heavy atom. The van der Waals surface area contributed by atoms with Gasteiger partial charge in [0.25, 0.3) is 5.91 Å². The van der Waals surface area contributed by atoms with Crippen molar-refractivity contribution in [1.29, 1.82) is 0 Å². The van der Waals surface area contributed by atoms with Gasteiger partial charge >= 0.3 is 0 Å². The van der Waals surface area contributed by atoms with Crippen LogP contribution in [0.5, 0.6) is 5.75 Å². The molecule has 0 aliphatic heterocycles. The van der Waals surface area contributed by atoms with Gasteiger partial charge in [-0.2, -0.15) is 0 Å². The molecule has 0 saturated carbocycles. The molecule has 0 saturated heterocycles. The van der Waals surface area contributed by atoms with Crippen LogP contribution in [0.4, 0.5) is 17.3 Å². The zero-order chi connectivity index (χ0) is 18.5. The molecule has 0 fully saturated rings. The summed E-state index contributed by atoms with van der Waals surface area (Å²) in [6.07, 6.45) is 1.50. The summed E-state index contributed by atoms with van der Waals surface area (Å²) in [5, 5.41) is 6.52. The highest BCUT2D eigenvalue weighted by atomic mass is 35.5. The maximum atomic E-state index is 12.4. The number of methoxy groups -OCH3 is 1. The Morgan fingerprint density at radius 2 is 1.73 bits per heavy atom. The SMILES string of the molecule is COc1ccc(Nc2nccc(C(=O)Nc3ccc(Cl)c(Cl)c3)n2)cc1. The molecule has 2 N–H and O–H groups in total. The van der Waals surface area contributed by atoms with E-state index in [1.807, 2.05) is 24.3 Å². The fraction of sp³-hybridized carbons (Fsp3) is 0.0556. The van der Waals surface area contributed by atoms with Crippen molar-refractivity contribution in [2.75, 3.05) is 17.7 Å². The van der Waals surface area contributed by atoms with Gasteiger partial charge in [0.2, 0.25) is 5.95 Å². The molecule has 8 heteroatoms. The van der Waals surface area contributed by atoms with Crippen LogP contribution in [0.1, 0.15) is 10.5 Å². The lowest BCUT2D eigenvalue weighted by atomic mass is 10.3. The van der Waals surface area contributed by atoms with Crippen LogP contribution in [0.15, 0.2) is 54.7 Å². The zero-order valence-corrected chi connectivity index (χ0v) is 15.2. The number of nitrogens with one attached hydrogen (secondary N) is 2. The van der Waals surface area contributed by atoms with Crippen LogP contribution in [0.3, 0.4) is 0 Å². The normalized spacial score (nSPS) is 10.3. The molecule has 2 aromatic carbocycles. The number of anilines is 3. The quantitative estimate of drug-likeness (QED) is 0.656. The van der Waals surface area contributed by atoms with Gasteiger partial charge in [0, 0.05) is 17.6 Å². The summed E-state index contributed by atoms with van der Waals surface area (Å²) in [6.45, 7) is 0. The van der Waals surface area contributed by atoms with Gasteiger partial charge in [-0.1, -0.05) is 23.2 Å². The van der Waals surface area contributed by atoms with Crippen molar-refractivity contribution in [2.45, 2.75) is 0 Å². The first-order chi connectivity index (χ1) is 12.5. The fourth-order valence-corrected chi connectivity index (χ4v) is 2.42. The lowest BCUT2D eigenvalue weighted by molar-refractivity contribution is 0.102. The molecule has 0 bridgehead atoms. The Hall–Kier alpha value is -2.83. The van der Waals surface area contributed by atoms with Crippen molar-refractivity contribution in [1.82, 2.24) is 9.97 Å². The van der Waals surface area contributed by atoms with Crippen LogP contribution in [0, 0.1) is 0 Å². The van der Waals surface area contributed by atoms with E-state index < -0.39 is 0 Å². The van der Waals surface area contributed by atoms with Crippen molar-refractivity contribution in [3.63, 3.8) is 0 Å². The second-order valence-electron chi connectivity index (χ2n) is 5.20. The number of ether oxygens (including phenoxy) is 1. The minimum atomic E-state index is -0.386. The van der Waals surface area contributed by atoms with E-state index in [2.05, 4.69) is 20.6 Å². The van der Waals surface area contributed by atoms with E-state index in [0.29, 0.717) is 21.7 Å². The van der Waals surface area contributed by atoms with Crippen LogP contribution in [0.2, 0.25) is 10.0 Å². The molecule has 0 atom stereocenters. The number of hydrogen-bond donors (Lipinski definition) is 2. The number of nitrogens with zero attached hydrogens (tertiary/aromatic N) is 2. The number of carbonyl (C=O) groups excluding carboxylic acids is 1.